The van der Waals surface area contributed by atoms with Crippen molar-refractivity contribution in [3.05, 3.63) is 23.3 Å². The maximum Gasteiger partial charge on any atom is 0.303 e. The van der Waals surface area contributed by atoms with Crippen LogP contribution in [0.2, 0.25) is 0 Å². The number of ether oxygens (including phenoxy) is 1. The van der Waals surface area contributed by atoms with Gasteiger partial charge in [0, 0.05) is 25.3 Å². The zero-order valence-electron chi connectivity index (χ0n) is 25.8. The van der Waals surface area contributed by atoms with E-state index in [1.54, 1.807) is 6.92 Å². The summed E-state index contributed by atoms with van der Waals surface area (Å²) in [5.41, 5.74) is 1.15. The van der Waals surface area contributed by atoms with E-state index in [9.17, 15) is 14.4 Å². The van der Waals surface area contributed by atoms with Gasteiger partial charge in [-0.3, -0.25) is 14.4 Å². The molecule has 0 aromatic heterocycles. The topological polar surface area (TPSA) is 88.4 Å². The van der Waals surface area contributed by atoms with Crippen molar-refractivity contribution in [2.45, 2.75) is 92.1 Å². The van der Waals surface area contributed by atoms with Crippen LogP contribution in [0.5, 0.6) is 0 Å². The molecule has 2 fully saturated rings. The summed E-state index contributed by atoms with van der Waals surface area (Å²) in [5.74, 6) is 1.03. The minimum absolute atomic E-state index is 0. The fraction of sp³-hybridized carbons (Fsp3) is 0.750. The third-order valence-electron chi connectivity index (χ3n) is 10.0. The molecule has 0 aromatic carbocycles. The number of fused-ring (bicyclic) bond motifs is 5. The lowest BCUT2D eigenvalue weighted by Gasteiger charge is -2.58. The lowest BCUT2D eigenvalue weighted by molar-refractivity contribution is -0.185. The van der Waals surface area contributed by atoms with Crippen molar-refractivity contribution in [1.82, 2.24) is 4.90 Å². The molecule has 6 atom stereocenters. The highest BCUT2D eigenvalue weighted by atomic mass is 35.5. The van der Waals surface area contributed by atoms with Crippen molar-refractivity contribution in [2.24, 2.45) is 38.6 Å². The summed E-state index contributed by atoms with van der Waals surface area (Å²) in [6, 6.07) is 2.64. The largest absolute Gasteiger partial charge is 0.451 e. The summed E-state index contributed by atoms with van der Waals surface area (Å²) in [4.78, 5) is 46.7. The van der Waals surface area contributed by atoms with Gasteiger partial charge in [-0.05, 0) is 115 Å². The monoisotopic (exact) mass is 575 g/mol. The van der Waals surface area contributed by atoms with Gasteiger partial charge < -0.3 is 9.64 Å². The predicted octanol–water partition coefficient (Wildman–Crippen LogP) is 6.13. The molecule has 0 N–H and O–H groups in total. The molecule has 0 heterocycles. The molecule has 8 heteroatoms. The van der Waals surface area contributed by atoms with E-state index in [0.717, 1.165) is 51.7 Å². The molecule has 0 saturated heterocycles. The molecule has 0 unspecified atom stereocenters. The minimum atomic E-state index is -0.990. The number of carbonyl (C=O) groups excluding carboxylic acids is 3. The molecule has 0 spiro atoms. The van der Waals surface area contributed by atoms with Crippen LogP contribution in [0.25, 0.3) is 0 Å². The fourth-order valence-corrected chi connectivity index (χ4v) is 8.11. The van der Waals surface area contributed by atoms with Gasteiger partial charge in [0.25, 0.3) is 0 Å². The van der Waals surface area contributed by atoms with Crippen LogP contribution in [0, 0.1) is 28.6 Å². The molecule has 7 nitrogen and oxygen atoms in total. The molecule has 4 rings (SSSR count). The van der Waals surface area contributed by atoms with Crippen molar-refractivity contribution < 1.29 is 19.1 Å². The summed E-state index contributed by atoms with van der Waals surface area (Å²) in [5, 5.41) is 0. The molecular formula is C32H50ClN3O4. The number of rotatable bonds is 7. The van der Waals surface area contributed by atoms with Crippen LogP contribution in [-0.4, -0.2) is 67.8 Å². The number of hydrogen-bond donors (Lipinski definition) is 0. The first-order chi connectivity index (χ1) is 18.3. The SMILES string of the molecule is CC(=O)O[C@]1(C(C)=O)CC[C@H]2[C@@H]3C=C(C)C4=CC(=O)CC[C@]4(C)[C@H]3CC[C@@]21C.CCN=C=NCCCN(C)C.Cl. The van der Waals surface area contributed by atoms with Gasteiger partial charge in [-0.2, -0.15) is 0 Å². The molecular weight excluding hydrogens is 526 g/mol. The number of carbonyl (C=O) groups is 3. The predicted molar refractivity (Wildman–Crippen MR) is 162 cm³/mol. The van der Waals surface area contributed by atoms with Gasteiger partial charge in [0.15, 0.2) is 17.2 Å². The smallest absolute Gasteiger partial charge is 0.303 e. The van der Waals surface area contributed by atoms with E-state index in [-0.39, 0.29) is 40.8 Å². The molecule has 4 aliphatic carbocycles. The van der Waals surface area contributed by atoms with Gasteiger partial charge in [0.05, 0.1) is 12.6 Å². The van der Waals surface area contributed by atoms with Crippen LogP contribution in [0.3, 0.4) is 0 Å². The molecule has 224 valence electrons. The standard InChI is InChI=1S/C24H32O4.C8H17N3.ClH/c1-14-12-18-19(22(4)9-6-17(27)13-21(14)22)7-10-23(5)20(18)8-11-24(23,15(2)25)28-16(3)26;1-4-9-8-10-6-5-7-11(2)3;/h12-13,18-20H,6-11H2,1-5H3;4-7H2,1-3H3;1H/t18-,19+,20+,22-,23+,24+;;/m1../s1. The van der Waals surface area contributed by atoms with Crippen molar-refractivity contribution in [1.29, 1.82) is 0 Å². The number of hydrogen-bond acceptors (Lipinski definition) is 7. The number of nitrogens with zero attached hydrogens (tertiary/aromatic N) is 3. The highest BCUT2D eigenvalue weighted by molar-refractivity contribution is 5.92. The molecule has 0 radical (unpaired) electrons. The molecule has 0 amide bonds. The van der Waals surface area contributed by atoms with Gasteiger partial charge in [-0.25, -0.2) is 9.98 Å². The average Bonchev–Trinajstić information content (AvgIpc) is 3.15. The van der Waals surface area contributed by atoms with Gasteiger partial charge in [-0.1, -0.05) is 25.5 Å². The van der Waals surface area contributed by atoms with Crippen molar-refractivity contribution in [2.75, 3.05) is 33.7 Å². The zero-order valence-corrected chi connectivity index (χ0v) is 26.7. The first-order valence-electron chi connectivity index (χ1n) is 14.7. The Kier molecular flexibility index (Phi) is 11.7. The number of esters is 1. The second-order valence-electron chi connectivity index (χ2n) is 12.7. The van der Waals surface area contributed by atoms with Gasteiger partial charge in [0.2, 0.25) is 0 Å². The third kappa shape index (κ3) is 6.53. The first kappa shape index (κ1) is 34.1. The van der Waals surface area contributed by atoms with Gasteiger partial charge >= 0.3 is 5.97 Å². The Morgan fingerprint density at radius 3 is 2.38 bits per heavy atom. The van der Waals surface area contributed by atoms with E-state index < -0.39 is 5.60 Å². The lowest BCUT2D eigenvalue weighted by Crippen LogP contribution is -2.58. The van der Waals surface area contributed by atoms with Crippen molar-refractivity contribution >= 4 is 36.0 Å². The second-order valence-corrected chi connectivity index (χ2v) is 12.7. The maximum atomic E-state index is 12.8. The summed E-state index contributed by atoms with van der Waals surface area (Å²) >= 11 is 0. The normalized spacial score (nSPS) is 33.8. The summed E-state index contributed by atoms with van der Waals surface area (Å²) < 4.78 is 5.82. The molecule has 40 heavy (non-hydrogen) atoms. The van der Waals surface area contributed by atoms with Crippen molar-refractivity contribution in [3.63, 3.8) is 0 Å². The molecule has 0 aliphatic heterocycles. The third-order valence-corrected chi connectivity index (χ3v) is 10.0. The van der Waals surface area contributed by atoms with Crippen LogP contribution < -0.4 is 0 Å². The van der Waals surface area contributed by atoms with E-state index in [4.69, 9.17) is 4.74 Å². The van der Waals surface area contributed by atoms with Gasteiger partial charge in [-0.15, -0.1) is 12.4 Å². The van der Waals surface area contributed by atoms with Crippen LogP contribution in [0.4, 0.5) is 0 Å². The van der Waals surface area contributed by atoms with E-state index in [1.165, 1.54) is 18.1 Å². The lowest BCUT2D eigenvalue weighted by atomic mass is 9.47. The molecule has 2 saturated carbocycles. The summed E-state index contributed by atoms with van der Waals surface area (Å²) in [6.45, 7) is 14.3. The summed E-state index contributed by atoms with van der Waals surface area (Å²) in [6.07, 6.45) is 10.3. The fourth-order valence-electron chi connectivity index (χ4n) is 8.11. The van der Waals surface area contributed by atoms with Crippen LogP contribution in [0.15, 0.2) is 33.3 Å². The number of allylic oxidation sites excluding steroid dienone is 4. The van der Waals surface area contributed by atoms with Gasteiger partial charge in [0.1, 0.15) is 0 Å². The number of ketones is 2. The zero-order chi connectivity index (χ0) is 29.0. The van der Waals surface area contributed by atoms with E-state index >= 15 is 0 Å². The second kappa shape index (κ2) is 13.7. The van der Waals surface area contributed by atoms with E-state index in [1.807, 2.05) is 13.0 Å². The highest BCUT2D eigenvalue weighted by Gasteiger charge is 2.67. The Bertz CT molecular complexity index is 1090. The molecule has 0 aromatic rings. The summed E-state index contributed by atoms with van der Waals surface area (Å²) in [7, 11) is 4.12. The average molecular weight is 576 g/mol. The Balaban J connectivity index is 0.000000400. The Morgan fingerprint density at radius 1 is 1.10 bits per heavy atom. The quantitative estimate of drug-likeness (QED) is 0.207. The number of aliphatic imine (C=N–C) groups is 2. The Morgan fingerprint density at radius 2 is 1.77 bits per heavy atom. The minimum Gasteiger partial charge on any atom is -0.451 e. The van der Waals surface area contributed by atoms with Crippen LogP contribution in [0.1, 0.15) is 86.5 Å². The van der Waals surface area contributed by atoms with Crippen LogP contribution >= 0.6 is 12.4 Å². The van der Waals surface area contributed by atoms with Crippen LogP contribution in [-0.2, 0) is 19.1 Å². The highest BCUT2D eigenvalue weighted by Crippen LogP contribution is 2.67. The number of halogens is 1. The Hall–Kier alpha value is -2.08. The van der Waals surface area contributed by atoms with Crippen molar-refractivity contribution in [3.8, 4) is 0 Å². The number of Topliss-reactive ketones (excluding diaryl/α,β-unsaturated/α-hetero) is 1. The molecule has 0 bridgehead atoms. The maximum absolute atomic E-state index is 12.8. The van der Waals surface area contributed by atoms with E-state index in [0.29, 0.717) is 30.6 Å². The Labute approximate surface area is 247 Å². The first-order valence-corrected chi connectivity index (χ1v) is 14.7. The van der Waals surface area contributed by atoms with E-state index in [2.05, 4.69) is 61.8 Å². The molecule has 4 aliphatic rings.